The number of nitriles is 1. The van der Waals surface area contributed by atoms with Crippen molar-refractivity contribution in [2.75, 3.05) is 11.9 Å². The monoisotopic (exact) mass is 384 g/mol. The molecular formula is C22H20N6O. The van der Waals surface area contributed by atoms with Crippen LogP contribution in [0.5, 0.6) is 0 Å². The minimum atomic E-state index is -0.0962. The second-order valence-electron chi connectivity index (χ2n) is 7.14. The summed E-state index contributed by atoms with van der Waals surface area (Å²) in [5.41, 5.74) is 2.44. The van der Waals surface area contributed by atoms with Gasteiger partial charge in [0.15, 0.2) is 17.0 Å². The van der Waals surface area contributed by atoms with Crippen molar-refractivity contribution in [2.45, 2.75) is 32.0 Å². The third-order valence-corrected chi connectivity index (χ3v) is 5.31. The van der Waals surface area contributed by atoms with Crippen molar-refractivity contribution in [1.29, 1.82) is 5.26 Å². The molecule has 0 bridgehead atoms. The van der Waals surface area contributed by atoms with Gasteiger partial charge in [0.25, 0.3) is 0 Å². The van der Waals surface area contributed by atoms with E-state index in [0.29, 0.717) is 23.5 Å². The average Bonchev–Trinajstić information content (AvgIpc) is 3.22. The van der Waals surface area contributed by atoms with Gasteiger partial charge in [0.1, 0.15) is 12.3 Å². The van der Waals surface area contributed by atoms with Crippen molar-refractivity contribution in [3.05, 3.63) is 60.2 Å². The summed E-state index contributed by atoms with van der Waals surface area (Å²) in [6.45, 7) is 1.30. The van der Waals surface area contributed by atoms with Crippen LogP contribution < -0.4 is 5.32 Å². The molecule has 0 saturated carbocycles. The van der Waals surface area contributed by atoms with Crippen LogP contribution in [0.3, 0.4) is 0 Å². The molecule has 5 rings (SSSR count). The number of nitrogens with zero attached hydrogens (tertiary/aromatic N) is 5. The first-order valence-electron chi connectivity index (χ1n) is 9.80. The van der Waals surface area contributed by atoms with Crippen molar-refractivity contribution < 1.29 is 4.74 Å². The molecule has 1 aliphatic rings. The lowest BCUT2D eigenvalue weighted by Gasteiger charge is -2.23. The van der Waals surface area contributed by atoms with Crippen LogP contribution in [0.2, 0.25) is 0 Å². The van der Waals surface area contributed by atoms with E-state index < -0.39 is 0 Å². The number of ether oxygens (including phenoxy) is 1. The van der Waals surface area contributed by atoms with Crippen molar-refractivity contribution in [3.8, 4) is 6.07 Å². The average molecular weight is 384 g/mol. The smallest absolute Gasteiger partial charge is 0.236 e. The fourth-order valence-electron chi connectivity index (χ4n) is 3.87. The predicted octanol–water partition coefficient (Wildman–Crippen LogP) is 4.16. The Morgan fingerprint density at radius 3 is 2.90 bits per heavy atom. The maximum absolute atomic E-state index is 9.42. The van der Waals surface area contributed by atoms with Crippen LogP contribution in [0.15, 0.2) is 48.8 Å². The minimum absolute atomic E-state index is 0.0962. The summed E-state index contributed by atoms with van der Waals surface area (Å²) >= 11 is 0. The normalized spacial score (nSPS) is 16.7. The molecule has 1 unspecified atom stereocenters. The van der Waals surface area contributed by atoms with Crippen LogP contribution in [-0.4, -0.2) is 26.1 Å². The summed E-state index contributed by atoms with van der Waals surface area (Å²) in [6, 6.07) is 16.6. The van der Waals surface area contributed by atoms with Crippen molar-refractivity contribution in [3.63, 3.8) is 0 Å². The Bertz CT molecular complexity index is 1210. The number of imidazole rings is 1. The molecule has 144 valence electrons. The SMILES string of the molecule is N#Cc1nc(NCc2cccc3ccccc23)c2ncn(C3CCCCO3)c2n1. The van der Waals surface area contributed by atoms with Crippen LogP contribution in [0, 0.1) is 11.3 Å². The number of nitrogens with one attached hydrogen (secondary N) is 1. The Hall–Kier alpha value is -3.50. The van der Waals surface area contributed by atoms with Crippen LogP contribution in [0.1, 0.15) is 36.9 Å². The van der Waals surface area contributed by atoms with Crippen LogP contribution >= 0.6 is 0 Å². The standard InChI is InChI=1S/C22H20N6O/c23-12-18-26-21(24-13-16-8-5-7-15-6-1-2-9-17(15)16)20-22(27-18)28(14-25-20)19-10-3-4-11-29-19/h1-2,5-9,14,19H,3-4,10-11,13H2,(H,24,26,27). The Balaban J connectivity index is 1.51. The van der Waals surface area contributed by atoms with Crippen LogP contribution in [-0.2, 0) is 11.3 Å². The quantitative estimate of drug-likeness (QED) is 0.568. The maximum Gasteiger partial charge on any atom is 0.236 e. The number of anilines is 1. The number of rotatable bonds is 4. The highest BCUT2D eigenvalue weighted by Gasteiger charge is 2.21. The Morgan fingerprint density at radius 1 is 1.14 bits per heavy atom. The van der Waals surface area contributed by atoms with Gasteiger partial charge in [0.05, 0.1) is 6.33 Å². The predicted molar refractivity (Wildman–Crippen MR) is 110 cm³/mol. The van der Waals surface area contributed by atoms with E-state index in [1.807, 2.05) is 22.8 Å². The summed E-state index contributed by atoms with van der Waals surface area (Å²) in [5, 5.41) is 15.2. The van der Waals surface area contributed by atoms with E-state index in [-0.39, 0.29) is 12.1 Å². The van der Waals surface area contributed by atoms with Gasteiger partial charge in [-0.05, 0) is 35.6 Å². The third kappa shape index (κ3) is 3.28. The molecule has 0 spiro atoms. The molecule has 1 N–H and O–H groups in total. The molecule has 1 aliphatic heterocycles. The number of aromatic nitrogens is 4. The van der Waals surface area contributed by atoms with Gasteiger partial charge in [-0.25, -0.2) is 4.98 Å². The summed E-state index contributed by atoms with van der Waals surface area (Å²) in [6.07, 6.45) is 4.73. The van der Waals surface area contributed by atoms with Gasteiger partial charge in [0.2, 0.25) is 5.82 Å². The van der Waals surface area contributed by atoms with Crippen molar-refractivity contribution >= 4 is 27.8 Å². The van der Waals surface area contributed by atoms with Gasteiger partial charge in [-0.3, -0.25) is 4.57 Å². The first-order chi connectivity index (χ1) is 14.3. The minimum Gasteiger partial charge on any atom is -0.364 e. The Morgan fingerprint density at radius 2 is 2.03 bits per heavy atom. The zero-order valence-corrected chi connectivity index (χ0v) is 15.9. The molecule has 3 heterocycles. The van der Waals surface area contributed by atoms with Crippen LogP contribution in [0.25, 0.3) is 21.9 Å². The molecule has 7 nitrogen and oxygen atoms in total. The summed E-state index contributed by atoms with van der Waals surface area (Å²) < 4.78 is 7.80. The fourth-order valence-corrected chi connectivity index (χ4v) is 3.87. The first kappa shape index (κ1) is 17.6. The Labute approximate surface area is 168 Å². The molecular weight excluding hydrogens is 364 g/mol. The largest absolute Gasteiger partial charge is 0.364 e. The highest BCUT2D eigenvalue weighted by atomic mass is 16.5. The number of benzene rings is 2. The van der Waals surface area contributed by atoms with Gasteiger partial charge in [0, 0.05) is 13.2 Å². The topological polar surface area (TPSA) is 88.7 Å². The summed E-state index contributed by atoms with van der Waals surface area (Å²) in [4.78, 5) is 13.3. The second-order valence-corrected chi connectivity index (χ2v) is 7.14. The summed E-state index contributed by atoms with van der Waals surface area (Å²) in [5.74, 6) is 0.685. The molecule has 2 aromatic heterocycles. The maximum atomic E-state index is 9.42. The molecule has 1 atom stereocenters. The summed E-state index contributed by atoms with van der Waals surface area (Å²) in [7, 11) is 0. The fraction of sp³-hybridized carbons (Fsp3) is 0.273. The van der Waals surface area contributed by atoms with E-state index in [9.17, 15) is 5.26 Å². The third-order valence-electron chi connectivity index (χ3n) is 5.31. The highest BCUT2D eigenvalue weighted by Crippen LogP contribution is 2.28. The lowest BCUT2D eigenvalue weighted by molar-refractivity contribution is -0.0298. The molecule has 0 radical (unpaired) electrons. The molecule has 1 saturated heterocycles. The van der Waals surface area contributed by atoms with Gasteiger partial charge in [-0.1, -0.05) is 42.5 Å². The van der Waals surface area contributed by atoms with E-state index in [2.05, 4.69) is 50.6 Å². The van der Waals surface area contributed by atoms with Gasteiger partial charge in [-0.15, -0.1) is 0 Å². The number of hydrogen-bond donors (Lipinski definition) is 1. The molecule has 4 aromatic rings. The molecule has 0 amide bonds. The van der Waals surface area contributed by atoms with Crippen LogP contribution in [0.4, 0.5) is 5.82 Å². The van der Waals surface area contributed by atoms with E-state index in [1.54, 1.807) is 6.33 Å². The van der Waals surface area contributed by atoms with E-state index in [1.165, 1.54) is 10.8 Å². The van der Waals surface area contributed by atoms with E-state index in [0.717, 1.165) is 31.4 Å². The number of fused-ring (bicyclic) bond motifs is 2. The Kier molecular flexibility index (Phi) is 4.54. The number of hydrogen-bond acceptors (Lipinski definition) is 6. The van der Waals surface area contributed by atoms with Crippen molar-refractivity contribution in [2.24, 2.45) is 0 Å². The van der Waals surface area contributed by atoms with Gasteiger partial charge >= 0.3 is 0 Å². The van der Waals surface area contributed by atoms with Gasteiger partial charge < -0.3 is 10.1 Å². The molecule has 7 heteroatoms. The first-order valence-corrected chi connectivity index (χ1v) is 9.80. The van der Waals surface area contributed by atoms with Gasteiger partial charge in [-0.2, -0.15) is 15.2 Å². The molecule has 0 aliphatic carbocycles. The zero-order valence-electron chi connectivity index (χ0n) is 15.9. The zero-order chi connectivity index (χ0) is 19.6. The molecule has 1 fully saturated rings. The second kappa shape index (κ2) is 7.49. The van der Waals surface area contributed by atoms with E-state index >= 15 is 0 Å². The molecule has 2 aromatic carbocycles. The van der Waals surface area contributed by atoms with Crippen molar-refractivity contribution in [1.82, 2.24) is 19.5 Å². The van der Waals surface area contributed by atoms with E-state index in [4.69, 9.17) is 4.74 Å². The lowest BCUT2D eigenvalue weighted by Crippen LogP contribution is -2.18. The lowest BCUT2D eigenvalue weighted by atomic mass is 10.0. The highest BCUT2D eigenvalue weighted by molar-refractivity contribution is 5.87. The molecule has 29 heavy (non-hydrogen) atoms.